The second-order valence-electron chi connectivity index (χ2n) is 6.28. The van der Waals surface area contributed by atoms with Gasteiger partial charge >= 0.3 is 0 Å². The maximum Gasteiger partial charge on any atom is 0.271 e. The van der Waals surface area contributed by atoms with E-state index in [4.69, 9.17) is 10.5 Å². The monoisotopic (exact) mass is 348 g/mol. The molecule has 1 aromatic carbocycles. The van der Waals surface area contributed by atoms with Gasteiger partial charge in [0.2, 0.25) is 5.91 Å². The van der Waals surface area contributed by atoms with Crippen molar-refractivity contribution in [3.05, 3.63) is 28.3 Å². The van der Waals surface area contributed by atoms with Crippen molar-refractivity contribution in [2.24, 2.45) is 11.7 Å². The maximum atomic E-state index is 12.4. The summed E-state index contributed by atoms with van der Waals surface area (Å²) in [6.07, 6.45) is 2.86. The average Bonchev–Trinajstić information content (AvgIpc) is 3.04. The van der Waals surface area contributed by atoms with Gasteiger partial charge in [-0.05, 0) is 31.4 Å². The predicted octanol–water partition coefficient (Wildman–Crippen LogP) is 0.564. The molecule has 1 aliphatic carbocycles. The highest BCUT2D eigenvalue weighted by atomic mass is 16.6. The Balaban J connectivity index is 1.75. The fourth-order valence-corrected chi connectivity index (χ4v) is 3.38. The molecule has 3 rings (SSSR count). The molecule has 9 heteroatoms. The number of fused-ring (bicyclic) bond motifs is 1. The number of carbonyl (C=O) groups excluding carboxylic acids is 2. The molecular formula is C16H20N4O5. The highest BCUT2D eigenvalue weighted by Crippen LogP contribution is 2.35. The smallest absolute Gasteiger partial charge is 0.271 e. The van der Waals surface area contributed by atoms with Crippen LogP contribution in [-0.4, -0.2) is 42.5 Å². The first-order chi connectivity index (χ1) is 12.0. The van der Waals surface area contributed by atoms with Gasteiger partial charge in [0.05, 0.1) is 10.6 Å². The molecule has 2 unspecified atom stereocenters. The molecule has 1 heterocycles. The van der Waals surface area contributed by atoms with Gasteiger partial charge in [0.25, 0.3) is 11.6 Å². The fraction of sp³-hybridized carbons (Fsp3) is 0.500. The van der Waals surface area contributed by atoms with Crippen LogP contribution in [0.1, 0.15) is 19.3 Å². The molecule has 2 atom stereocenters. The van der Waals surface area contributed by atoms with Crippen molar-refractivity contribution in [1.29, 1.82) is 0 Å². The Hall–Kier alpha value is -2.68. The maximum absolute atomic E-state index is 12.4. The normalized spacial score (nSPS) is 22.3. The number of nitro benzene ring substituents is 1. The number of non-ortho nitro benzene ring substituents is 1. The summed E-state index contributed by atoms with van der Waals surface area (Å²) in [7, 11) is 0. The van der Waals surface area contributed by atoms with Gasteiger partial charge in [-0.25, -0.2) is 0 Å². The summed E-state index contributed by atoms with van der Waals surface area (Å²) >= 11 is 0. The van der Waals surface area contributed by atoms with Crippen LogP contribution in [0, 0.1) is 16.0 Å². The van der Waals surface area contributed by atoms with Gasteiger partial charge in [-0.1, -0.05) is 6.42 Å². The number of hydrogen-bond acceptors (Lipinski definition) is 6. The van der Waals surface area contributed by atoms with Crippen LogP contribution in [0.5, 0.6) is 5.75 Å². The highest BCUT2D eigenvalue weighted by Gasteiger charge is 2.31. The van der Waals surface area contributed by atoms with E-state index >= 15 is 0 Å². The van der Waals surface area contributed by atoms with Crippen LogP contribution in [0.25, 0.3) is 0 Å². The standard InChI is InChI=1S/C16H20N4O5/c17-7-10-2-1-3-12(10)18-15(21)8-19-13-6-11(20(23)24)4-5-14(13)25-9-16(19)22/h4-6,10,12H,1-3,7-9,17H2,(H,18,21). The van der Waals surface area contributed by atoms with E-state index in [2.05, 4.69) is 5.32 Å². The van der Waals surface area contributed by atoms with E-state index in [1.807, 2.05) is 0 Å². The van der Waals surface area contributed by atoms with Crippen molar-refractivity contribution >= 4 is 23.2 Å². The molecule has 1 fully saturated rings. The molecule has 0 aromatic heterocycles. The summed E-state index contributed by atoms with van der Waals surface area (Å²) in [6, 6.07) is 4.00. The van der Waals surface area contributed by atoms with Crippen LogP contribution in [0.3, 0.4) is 0 Å². The summed E-state index contributed by atoms with van der Waals surface area (Å²) < 4.78 is 5.29. The first-order valence-electron chi connectivity index (χ1n) is 8.20. The van der Waals surface area contributed by atoms with E-state index in [9.17, 15) is 19.7 Å². The minimum Gasteiger partial charge on any atom is -0.482 e. The number of nitrogens with zero attached hydrogens (tertiary/aromatic N) is 2. The lowest BCUT2D eigenvalue weighted by Crippen LogP contribution is -2.48. The van der Waals surface area contributed by atoms with Gasteiger partial charge in [-0.15, -0.1) is 0 Å². The summed E-state index contributed by atoms with van der Waals surface area (Å²) in [4.78, 5) is 36.2. The molecule has 1 aliphatic heterocycles. The van der Waals surface area contributed by atoms with E-state index in [1.165, 1.54) is 23.1 Å². The first-order valence-corrected chi connectivity index (χ1v) is 8.20. The molecule has 0 saturated heterocycles. The van der Waals surface area contributed by atoms with Crippen molar-refractivity contribution in [2.75, 3.05) is 24.6 Å². The quantitative estimate of drug-likeness (QED) is 0.591. The number of amides is 2. The third-order valence-electron chi connectivity index (χ3n) is 4.71. The summed E-state index contributed by atoms with van der Waals surface area (Å²) in [5.74, 6) is -0.126. The van der Waals surface area contributed by atoms with Gasteiger partial charge in [0.15, 0.2) is 6.61 Å². The van der Waals surface area contributed by atoms with Crippen LogP contribution < -0.4 is 20.7 Å². The molecule has 2 aliphatic rings. The zero-order chi connectivity index (χ0) is 18.0. The largest absolute Gasteiger partial charge is 0.482 e. The van der Waals surface area contributed by atoms with E-state index in [0.717, 1.165) is 19.3 Å². The molecule has 0 spiro atoms. The topological polar surface area (TPSA) is 128 Å². The Kier molecular flexibility index (Phi) is 4.84. The lowest BCUT2D eigenvalue weighted by atomic mass is 10.0. The van der Waals surface area contributed by atoms with Crippen molar-refractivity contribution in [3.63, 3.8) is 0 Å². The molecule has 0 radical (unpaired) electrons. The van der Waals surface area contributed by atoms with Crippen molar-refractivity contribution in [2.45, 2.75) is 25.3 Å². The highest BCUT2D eigenvalue weighted by molar-refractivity contribution is 6.02. The Bertz CT molecular complexity index is 708. The zero-order valence-corrected chi connectivity index (χ0v) is 13.6. The van der Waals surface area contributed by atoms with E-state index in [1.54, 1.807) is 0 Å². The molecule has 1 aromatic rings. The first kappa shape index (κ1) is 17.2. The summed E-state index contributed by atoms with van der Waals surface area (Å²) in [5.41, 5.74) is 5.79. The predicted molar refractivity (Wildman–Crippen MR) is 89.3 cm³/mol. The minimum atomic E-state index is -0.554. The summed E-state index contributed by atoms with van der Waals surface area (Å²) in [5, 5.41) is 13.9. The van der Waals surface area contributed by atoms with Crippen LogP contribution in [0.4, 0.5) is 11.4 Å². The summed E-state index contributed by atoms with van der Waals surface area (Å²) in [6.45, 7) is 0.105. The molecule has 2 amide bonds. The number of nitrogens with two attached hydrogens (primary N) is 1. The second-order valence-corrected chi connectivity index (χ2v) is 6.28. The average molecular weight is 348 g/mol. The van der Waals surface area contributed by atoms with Crippen LogP contribution in [0.15, 0.2) is 18.2 Å². The van der Waals surface area contributed by atoms with Crippen molar-refractivity contribution < 1.29 is 19.2 Å². The van der Waals surface area contributed by atoms with Gasteiger partial charge in [0.1, 0.15) is 12.3 Å². The Morgan fingerprint density at radius 1 is 1.44 bits per heavy atom. The number of nitrogens with one attached hydrogen (secondary N) is 1. The van der Waals surface area contributed by atoms with Crippen molar-refractivity contribution in [3.8, 4) is 5.75 Å². The number of nitro groups is 1. The van der Waals surface area contributed by atoms with Gasteiger partial charge in [-0.3, -0.25) is 24.6 Å². The SMILES string of the molecule is NCC1CCCC1NC(=O)CN1C(=O)COc2ccc([N+](=O)[O-])cc21. The lowest BCUT2D eigenvalue weighted by Gasteiger charge is -2.29. The molecule has 134 valence electrons. The fourth-order valence-electron chi connectivity index (χ4n) is 3.38. The lowest BCUT2D eigenvalue weighted by molar-refractivity contribution is -0.384. The van der Waals surface area contributed by atoms with Crippen molar-refractivity contribution in [1.82, 2.24) is 5.32 Å². The molecule has 1 saturated carbocycles. The molecule has 9 nitrogen and oxygen atoms in total. The van der Waals surface area contributed by atoms with E-state index in [0.29, 0.717) is 12.3 Å². The van der Waals surface area contributed by atoms with Gasteiger partial charge in [0, 0.05) is 18.2 Å². The Morgan fingerprint density at radius 2 is 2.24 bits per heavy atom. The molecule has 3 N–H and O–H groups in total. The van der Waals surface area contributed by atoms with E-state index < -0.39 is 10.8 Å². The molecular weight excluding hydrogens is 328 g/mol. The van der Waals surface area contributed by atoms with E-state index in [-0.39, 0.29) is 42.4 Å². The van der Waals surface area contributed by atoms with Crippen LogP contribution in [-0.2, 0) is 9.59 Å². The Labute approximate surface area is 144 Å². The zero-order valence-electron chi connectivity index (χ0n) is 13.6. The Morgan fingerprint density at radius 3 is 2.96 bits per heavy atom. The van der Waals surface area contributed by atoms with Gasteiger partial charge in [-0.2, -0.15) is 0 Å². The third kappa shape index (κ3) is 3.55. The van der Waals surface area contributed by atoms with Crippen LogP contribution in [0.2, 0.25) is 0 Å². The number of hydrogen-bond donors (Lipinski definition) is 2. The number of anilines is 1. The molecule has 25 heavy (non-hydrogen) atoms. The van der Waals surface area contributed by atoms with Gasteiger partial charge < -0.3 is 15.8 Å². The minimum absolute atomic E-state index is 0.0122. The number of rotatable bonds is 5. The number of ether oxygens (including phenoxy) is 1. The number of benzene rings is 1. The van der Waals surface area contributed by atoms with Crippen LogP contribution >= 0.6 is 0 Å². The second kappa shape index (κ2) is 7.06. The third-order valence-corrected chi connectivity index (χ3v) is 4.71. The molecule has 0 bridgehead atoms. The number of carbonyl (C=O) groups is 2.